The van der Waals surface area contributed by atoms with Gasteiger partial charge in [0.1, 0.15) is 6.29 Å². The summed E-state index contributed by atoms with van der Waals surface area (Å²) in [5, 5.41) is 0. The lowest BCUT2D eigenvalue weighted by Crippen LogP contribution is -2.42. The van der Waals surface area contributed by atoms with Crippen molar-refractivity contribution in [1.29, 1.82) is 0 Å². The van der Waals surface area contributed by atoms with Gasteiger partial charge >= 0.3 is 0 Å². The van der Waals surface area contributed by atoms with Crippen LogP contribution in [0, 0.1) is 25.2 Å². The SMILES string of the molecule is C#CCN(Cc1ccc(C)cc1)C(=O)C1CCN(c2ccc(C=O)cc2)CC1. The second-order valence-corrected chi connectivity index (χ2v) is 7.35. The van der Waals surface area contributed by atoms with Crippen molar-refractivity contribution >= 4 is 17.9 Å². The minimum absolute atomic E-state index is 0.00398. The van der Waals surface area contributed by atoms with Crippen molar-refractivity contribution < 1.29 is 9.59 Å². The lowest BCUT2D eigenvalue weighted by molar-refractivity contribution is -0.136. The Bertz CT molecular complexity index is 842. The maximum atomic E-state index is 13.1. The smallest absolute Gasteiger partial charge is 0.226 e. The number of carbonyl (C=O) groups excluding carboxylic acids is 2. The summed E-state index contributed by atoms with van der Waals surface area (Å²) in [5.74, 6) is 2.78. The average molecular weight is 374 g/mol. The third kappa shape index (κ3) is 4.80. The summed E-state index contributed by atoms with van der Waals surface area (Å²) in [6.07, 6.45) is 7.99. The summed E-state index contributed by atoms with van der Waals surface area (Å²) in [4.78, 5) is 27.9. The van der Waals surface area contributed by atoms with E-state index in [1.54, 1.807) is 4.90 Å². The second kappa shape index (κ2) is 9.23. The molecule has 28 heavy (non-hydrogen) atoms. The summed E-state index contributed by atoms with van der Waals surface area (Å²) in [7, 11) is 0. The Morgan fingerprint density at radius 1 is 1.14 bits per heavy atom. The second-order valence-electron chi connectivity index (χ2n) is 7.35. The van der Waals surface area contributed by atoms with Crippen LogP contribution in [0.1, 0.15) is 34.3 Å². The summed E-state index contributed by atoms with van der Waals surface area (Å²) in [5.41, 5.74) is 4.07. The van der Waals surface area contributed by atoms with Crippen molar-refractivity contribution in [2.45, 2.75) is 26.3 Å². The lowest BCUT2D eigenvalue weighted by atomic mass is 9.94. The Hall–Kier alpha value is -3.06. The molecule has 1 aliphatic rings. The van der Waals surface area contributed by atoms with E-state index in [1.165, 1.54) is 5.56 Å². The number of amides is 1. The maximum Gasteiger partial charge on any atom is 0.226 e. The quantitative estimate of drug-likeness (QED) is 0.572. The molecule has 0 saturated carbocycles. The van der Waals surface area contributed by atoms with Crippen LogP contribution in [0.5, 0.6) is 0 Å². The van der Waals surface area contributed by atoms with E-state index in [0.717, 1.165) is 43.5 Å². The molecule has 0 aromatic heterocycles. The number of rotatable bonds is 6. The molecule has 1 saturated heterocycles. The Morgan fingerprint density at radius 2 is 1.79 bits per heavy atom. The van der Waals surface area contributed by atoms with Gasteiger partial charge in [0.25, 0.3) is 0 Å². The first-order valence-electron chi connectivity index (χ1n) is 9.68. The van der Waals surface area contributed by atoms with E-state index in [4.69, 9.17) is 6.42 Å². The third-order valence-electron chi connectivity index (χ3n) is 5.33. The predicted octanol–water partition coefficient (Wildman–Crippen LogP) is 3.69. The van der Waals surface area contributed by atoms with Gasteiger partial charge in [-0.1, -0.05) is 35.7 Å². The zero-order valence-electron chi connectivity index (χ0n) is 16.3. The van der Waals surface area contributed by atoms with Crippen LogP contribution in [-0.2, 0) is 11.3 Å². The molecule has 0 atom stereocenters. The molecule has 4 nitrogen and oxygen atoms in total. The van der Waals surface area contributed by atoms with Gasteiger partial charge in [-0.25, -0.2) is 0 Å². The van der Waals surface area contributed by atoms with Gasteiger partial charge in [0.15, 0.2) is 0 Å². The molecule has 2 aromatic carbocycles. The van der Waals surface area contributed by atoms with Gasteiger partial charge in [-0.3, -0.25) is 9.59 Å². The minimum Gasteiger partial charge on any atom is -0.371 e. The highest BCUT2D eigenvalue weighted by Gasteiger charge is 2.28. The van der Waals surface area contributed by atoms with Crippen LogP contribution < -0.4 is 4.90 Å². The molecule has 0 N–H and O–H groups in total. The third-order valence-corrected chi connectivity index (χ3v) is 5.33. The molecule has 0 bridgehead atoms. The molecule has 0 spiro atoms. The summed E-state index contributed by atoms with van der Waals surface area (Å²) in [6, 6.07) is 15.8. The number of hydrogen-bond acceptors (Lipinski definition) is 3. The Labute approximate surface area is 167 Å². The normalized spacial score (nSPS) is 14.4. The predicted molar refractivity (Wildman–Crippen MR) is 112 cm³/mol. The topological polar surface area (TPSA) is 40.6 Å². The van der Waals surface area contributed by atoms with Crippen LogP contribution in [0.15, 0.2) is 48.5 Å². The van der Waals surface area contributed by atoms with Crippen molar-refractivity contribution in [3.63, 3.8) is 0 Å². The largest absolute Gasteiger partial charge is 0.371 e. The number of aldehydes is 1. The summed E-state index contributed by atoms with van der Waals surface area (Å²) in [6.45, 7) is 4.59. The average Bonchev–Trinajstić information content (AvgIpc) is 2.74. The molecule has 0 radical (unpaired) electrons. The van der Waals surface area contributed by atoms with Crippen molar-refractivity contribution in [3.8, 4) is 12.3 Å². The summed E-state index contributed by atoms with van der Waals surface area (Å²) >= 11 is 0. The van der Waals surface area contributed by atoms with Crippen molar-refractivity contribution in [1.82, 2.24) is 4.90 Å². The number of anilines is 1. The van der Waals surface area contributed by atoms with Crippen molar-refractivity contribution in [3.05, 3.63) is 65.2 Å². The first-order chi connectivity index (χ1) is 13.6. The molecule has 1 heterocycles. The highest BCUT2D eigenvalue weighted by molar-refractivity contribution is 5.79. The molecule has 3 rings (SSSR count). The van der Waals surface area contributed by atoms with E-state index in [9.17, 15) is 9.59 Å². The van der Waals surface area contributed by atoms with E-state index in [-0.39, 0.29) is 11.8 Å². The number of hydrogen-bond donors (Lipinski definition) is 0. The first-order valence-corrected chi connectivity index (χ1v) is 9.68. The Kier molecular flexibility index (Phi) is 6.49. The number of piperidine rings is 1. The number of terminal acetylenes is 1. The number of carbonyl (C=O) groups is 2. The van der Waals surface area contributed by atoms with Crippen LogP contribution in [0.25, 0.3) is 0 Å². The van der Waals surface area contributed by atoms with Gasteiger partial charge in [0, 0.05) is 36.8 Å². The molecule has 1 fully saturated rings. The molecular formula is C24H26N2O2. The fraction of sp³-hybridized carbons (Fsp3) is 0.333. The van der Waals surface area contributed by atoms with Gasteiger partial charge in [-0.05, 0) is 49.6 Å². The van der Waals surface area contributed by atoms with E-state index < -0.39 is 0 Å². The Morgan fingerprint density at radius 3 is 2.36 bits per heavy atom. The monoisotopic (exact) mass is 374 g/mol. The van der Waals surface area contributed by atoms with E-state index in [2.05, 4.69) is 42.0 Å². The fourth-order valence-corrected chi connectivity index (χ4v) is 3.64. The van der Waals surface area contributed by atoms with E-state index in [1.807, 2.05) is 24.3 Å². The minimum atomic E-state index is 0.00398. The Balaban J connectivity index is 1.60. The van der Waals surface area contributed by atoms with Crippen LogP contribution >= 0.6 is 0 Å². The van der Waals surface area contributed by atoms with E-state index >= 15 is 0 Å². The highest BCUT2D eigenvalue weighted by Crippen LogP contribution is 2.25. The standard InChI is InChI=1S/C24H26N2O2/c1-3-14-26(17-20-6-4-19(2)5-7-20)24(28)22-12-15-25(16-13-22)23-10-8-21(18-27)9-11-23/h1,4-11,18,22H,12-17H2,2H3. The maximum absolute atomic E-state index is 13.1. The van der Waals surface area contributed by atoms with Crippen molar-refractivity contribution in [2.75, 3.05) is 24.5 Å². The van der Waals surface area contributed by atoms with Gasteiger partial charge in [-0.2, -0.15) is 0 Å². The van der Waals surface area contributed by atoms with E-state index in [0.29, 0.717) is 18.7 Å². The lowest BCUT2D eigenvalue weighted by Gasteiger charge is -2.35. The van der Waals surface area contributed by atoms with Gasteiger partial charge < -0.3 is 9.80 Å². The number of nitrogens with zero attached hydrogens (tertiary/aromatic N) is 2. The molecule has 144 valence electrons. The highest BCUT2D eigenvalue weighted by atomic mass is 16.2. The first kappa shape index (κ1) is 19.7. The number of benzene rings is 2. The molecular weight excluding hydrogens is 348 g/mol. The molecule has 4 heteroatoms. The van der Waals surface area contributed by atoms with Gasteiger partial charge in [0.05, 0.1) is 6.54 Å². The van der Waals surface area contributed by atoms with Crippen LogP contribution in [0.2, 0.25) is 0 Å². The molecule has 2 aromatic rings. The molecule has 0 unspecified atom stereocenters. The summed E-state index contributed by atoms with van der Waals surface area (Å²) < 4.78 is 0. The number of aryl methyl sites for hydroxylation is 1. The van der Waals surface area contributed by atoms with Crippen LogP contribution in [0.3, 0.4) is 0 Å². The molecule has 1 amide bonds. The molecule has 1 aliphatic heterocycles. The zero-order chi connectivity index (χ0) is 19.9. The fourth-order valence-electron chi connectivity index (χ4n) is 3.64. The van der Waals surface area contributed by atoms with Crippen LogP contribution in [-0.4, -0.2) is 36.7 Å². The van der Waals surface area contributed by atoms with Gasteiger partial charge in [-0.15, -0.1) is 6.42 Å². The van der Waals surface area contributed by atoms with Gasteiger partial charge in [0.2, 0.25) is 5.91 Å². The van der Waals surface area contributed by atoms with Crippen LogP contribution in [0.4, 0.5) is 5.69 Å². The van der Waals surface area contributed by atoms with Crippen molar-refractivity contribution in [2.24, 2.45) is 5.92 Å². The molecule has 0 aliphatic carbocycles. The zero-order valence-corrected chi connectivity index (χ0v) is 16.3.